The summed E-state index contributed by atoms with van der Waals surface area (Å²) in [5, 5.41) is 4.11. The lowest BCUT2D eigenvalue weighted by atomic mass is 10.4. The van der Waals surface area contributed by atoms with Gasteiger partial charge in [-0.05, 0) is 19.8 Å². The predicted molar refractivity (Wildman–Crippen MR) is 57.1 cm³/mol. The molecule has 0 N–H and O–H groups in total. The summed E-state index contributed by atoms with van der Waals surface area (Å²) in [6.07, 6.45) is 3.80. The lowest BCUT2D eigenvalue weighted by Crippen LogP contribution is -2.02. The van der Waals surface area contributed by atoms with Crippen molar-refractivity contribution < 1.29 is 4.21 Å². The van der Waals surface area contributed by atoms with Crippen molar-refractivity contribution in [3.05, 3.63) is 12.3 Å². The van der Waals surface area contributed by atoms with E-state index in [4.69, 9.17) is 0 Å². The van der Waals surface area contributed by atoms with E-state index >= 15 is 0 Å². The van der Waals surface area contributed by atoms with Crippen molar-refractivity contribution in [3.8, 4) is 0 Å². The van der Waals surface area contributed by atoms with Crippen LogP contribution in [0.25, 0.3) is 0 Å². The minimum atomic E-state index is -1.95. The fourth-order valence-corrected chi connectivity index (χ4v) is 3.86. The molecule has 0 aromatic carbocycles. The molecular weight excluding hydrogens is 198 g/mol. The zero-order valence-corrected chi connectivity index (χ0v) is 9.16. The van der Waals surface area contributed by atoms with Crippen molar-refractivity contribution in [2.45, 2.75) is 26.3 Å². The van der Waals surface area contributed by atoms with Crippen LogP contribution in [0, 0.1) is 0 Å². The molecule has 4 nitrogen and oxygen atoms in total. The van der Waals surface area contributed by atoms with Gasteiger partial charge in [-0.1, -0.05) is 0 Å². The molecule has 0 aliphatic carbocycles. The second kappa shape index (κ2) is 3.73. The molecule has 5 heteroatoms. The van der Waals surface area contributed by atoms with Gasteiger partial charge in [0.1, 0.15) is 0 Å². The predicted octanol–water partition coefficient (Wildman–Crippen LogP) is 1.80. The van der Waals surface area contributed by atoms with Gasteiger partial charge < -0.3 is 0 Å². The number of hydrogen-bond donors (Lipinski definition) is 0. The van der Waals surface area contributed by atoms with Crippen LogP contribution in [-0.4, -0.2) is 25.5 Å². The molecule has 1 aromatic heterocycles. The van der Waals surface area contributed by atoms with Gasteiger partial charge in [0.2, 0.25) is 0 Å². The zero-order valence-electron chi connectivity index (χ0n) is 8.35. The van der Waals surface area contributed by atoms with E-state index in [0.717, 1.165) is 36.7 Å². The quantitative estimate of drug-likeness (QED) is 0.752. The van der Waals surface area contributed by atoms with Crippen LogP contribution in [0.3, 0.4) is 0 Å². The summed E-state index contributed by atoms with van der Waals surface area (Å²) in [6, 6.07) is 1.83. The average molecular weight is 213 g/mol. The van der Waals surface area contributed by atoms with E-state index in [1.807, 2.05) is 13.0 Å². The van der Waals surface area contributed by atoms with Crippen molar-refractivity contribution in [3.63, 3.8) is 0 Å². The first-order chi connectivity index (χ1) is 6.73. The third-order valence-electron chi connectivity index (χ3n) is 2.43. The second-order valence-corrected chi connectivity index (χ2v) is 6.03. The Labute approximate surface area is 84.5 Å². The van der Waals surface area contributed by atoms with E-state index in [1.54, 1.807) is 10.9 Å². The summed E-state index contributed by atoms with van der Waals surface area (Å²) >= 11 is 0. The van der Waals surface area contributed by atoms with E-state index < -0.39 is 9.73 Å². The van der Waals surface area contributed by atoms with Gasteiger partial charge in [-0.25, -0.2) is 8.89 Å². The van der Waals surface area contributed by atoms with E-state index in [-0.39, 0.29) is 0 Å². The third-order valence-corrected chi connectivity index (χ3v) is 4.80. The van der Waals surface area contributed by atoms with Crippen LogP contribution in [0.5, 0.6) is 0 Å². The van der Waals surface area contributed by atoms with Gasteiger partial charge in [-0.3, -0.25) is 0 Å². The maximum Gasteiger partial charge on any atom is 0.160 e. The monoisotopic (exact) mass is 213 g/mol. The maximum atomic E-state index is 12.1. The molecule has 14 heavy (non-hydrogen) atoms. The van der Waals surface area contributed by atoms with Crippen LogP contribution in [0.2, 0.25) is 0 Å². The van der Waals surface area contributed by atoms with Gasteiger partial charge in [-0.15, -0.1) is 0 Å². The molecule has 0 unspecified atom stereocenters. The molecule has 2 rings (SSSR count). The SMILES string of the molecule is CCn1nccc1N=S1(=O)CCCC1. The van der Waals surface area contributed by atoms with Crippen molar-refractivity contribution in [2.75, 3.05) is 11.5 Å². The topological polar surface area (TPSA) is 47.2 Å². The molecule has 0 radical (unpaired) electrons. The smallest absolute Gasteiger partial charge is 0.160 e. The molecule has 0 atom stereocenters. The van der Waals surface area contributed by atoms with Crippen LogP contribution in [0.1, 0.15) is 19.8 Å². The number of aromatic nitrogens is 2. The van der Waals surface area contributed by atoms with Crippen molar-refractivity contribution in [1.82, 2.24) is 9.78 Å². The third kappa shape index (κ3) is 1.82. The first-order valence-electron chi connectivity index (χ1n) is 4.98. The van der Waals surface area contributed by atoms with Gasteiger partial charge in [0.15, 0.2) is 5.82 Å². The Kier molecular flexibility index (Phi) is 2.58. The summed E-state index contributed by atoms with van der Waals surface area (Å²) in [7, 11) is -1.95. The standard InChI is InChI=1S/C9H15N3OS/c1-2-12-9(5-6-10-12)11-14(13)7-3-4-8-14/h5-6H,2-4,7-8H2,1H3. The van der Waals surface area contributed by atoms with Crippen LogP contribution < -0.4 is 0 Å². The Morgan fingerprint density at radius 3 is 2.93 bits per heavy atom. The Hall–Kier alpha value is -0.840. The number of hydrogen-bond acceptors (Lipinski definition) is 3. The molecule has 2 heterocycles. The minimum Gasteiger partial charge on any atom is -0.249 e. The molecule has 0 bridgehead atoms. The Morgan fingerprint density at radius 2 is 2.29 bits per heavy atom. The van der Waals surface area contributed by atoms with E-state index in [2.05, 4.69) is 9.46 Å². The summed E-state index contributed by atoms with van der Waals surface area (Å²) < 4.78 is 18.2. The van der Waals surface area contributed by atoms with Gasteiger partial charge in [-0.2, -0.15) is 9.46 Å². The molecule has 1 fully saturated rings. The van der Waals surface area contributed by atoms with Crippen molar-refractivity contribution in [2.24, 2.45) is 4.36 Å². The normalized spacial score (nSPS) is 19.8. The molecular formula is C9H15N3OS. The Balaban J connectivity index is 2.37. The van der Waals surface area contributed by atoms with E-state index in [1.165, 1.54) is 0 Å². The lowest BCUT2D eigenvalue weighted by molar-refractivity contribution is 0.660. The summed E-state index contributed by atoms with van der Waals surface area (Å²) in [5.41, 5.74) is 0. The van der Waals surface area contributed by atoms with Crippen LogP contribution in [-0.2, 0) is 16.3 Å². The number of nitrogens with zero attached hydrogens (tertiary/aromatic N) is 3. The average Bonchev–Trinajstić information content (AvgIpc) is 2.75. The van der Waals surface area contributed by atoms with Gasteiger partial charge in [0, 0.05) is 24.1 Å². The molecule has 1 saturated heterocycles. The molecule has 1 aromatic rings. The van der Waals surface area contributed by atoms with Crippen molar-refractivity contribution in [1.29, 1.82) is 0 Å². The Morgan fingerprint density at radius 1 is 1.57 bits per heavy atom. The summed E-state index contributed by atoms with van der Waals surface area (Å²) in [5.74, 6) is 2.27. The summed E-state index contributed by atoms with van der Waals surface area (Å²) in [4.78, 5) is 0. The molecule has 78 valence electrons. The van der Waals surface area contributed by atoms with E-state index in [0.29, 0.717) is 0 Å². The summed E-state index contributed by atoms with van der Waals surface area (Å²) in [6.45, 7) is 2.79. The molecule has 0 amide bonds. The highest BCUT2D eigenvalue weighted by molar-refractivity contribution is 7.93. The maximum absolute atomic E-state index is 12.1. The van der Waals surface area contributed by atoms with Crippen LogP contribution in [0.15, 0.2) is 16.6 Å². The van der Waals surface area contributed by atoms with Crippen LogP contribution >= 0.6 is 0 Å². The molecule has 1 aliphatic rings. The highest BCUT2D eigenvalue weighted by atomic mass is 32.2. The minimum absolute atomic E-state index is 0.752. The largest absolute Gasteiger partial charge is 0.249 e. The lowest BCUT2D eigenvalue weighted by Gasteiger charge is -2.02. The zero-order chi connectivity index (χ0) is 10.0. The molecule has 0 spiro atoms. The van der Waals surface area contributed by atoms with Crippen molar-refractivity contribution >= 4 is 15.5 Å². The van der Waals surface area contributed by atoms with Gasteiger partial charge in [0.05, 0.1) is 15.9 Å². The Bertz CT molecular complexity index is 417. The highest BCUT2D eigenvalue weighted by Gasteiger charge is 2.17. The molecule has 0 saturated carbocycles. The highest BCUT2D eigenvalue weighted by Crippen LogP contribution is 2.20. The second-order valence-electron chi connectivity index (χ2n) is 3.48. The fraction of sp³-hybridized carbons (Fsp3) is 0.667. The van der Waals surface area contributed by atoms with E-state index in [9.17, 15) is 4.21 Å². The van der Waals surface area contributed by atoms with Gasteiger partial charge in [0.25, 0.3) is 0 Å². The first-order valence-corrected chi connectivity index (χ1v) is 6.83. The first kappa shape index (κ1) is 9.71. The fourth-order valence-electron chi connectivity index (χ4n) is 1.67. The van der Waals surface area contributed by atoms with Gasteiger partial charge >= 0.3 is 0 Å². The number of aryl methyl sites for hydroxylation is 1. The number of rotatable bonds is 2. The molecule has 1 aliphatic heterocycles. The van der Waals surface area contributed by atoms with Crippen LogP contribution in [0.4, 0.5) is 5.82 Å².